The second-order valence-electron chi connectivity index (χ2n) is 5.59. The van der Waals surface area contributed by atoms with Crippen LogP contribution in [0.3, 0.4) is 0 Å². The fourth-order valence-electron chi connectivity index (χ4n) is 2.39. The summed E-state index contributed by atoms with van der Waals surface area (Å²) in [7, 11) is 1.62. The summed E-state index contributed by atoms with van der Waals surface area (Å²) in [4.78, 5) is 0. The van der Waals surface area contributed by atoms with Crippen LogP contribution < -0.4 is 10.6 Å². The molecular formula is C17H16N6O3S. The molecule has 9 nitrogen and oxygen atoms in total. The minimum Gasteiger partial charge on any atom is -0.497 e. The van der Waals surface area contributed by atoms with Gasteiger partial charge in [-0.05, 0) is 43.3 Å². The Morgan fingerprint density at radius 1 is 1.11 bits per heavy atom. The van der Waals surface area contributed by atoms with Gasteiger partial charge in [0.15, 0.2) is 5.76 Å². The molecule has 2 N–H and O–H groups in total. The first-order chi connectivity index (χ1) is 13.2. The predicted molar refractivity (Wildman–Crippen MR) is 98.4 cm³/mol. The summed E-state index contributed by atoms with van der Waals surface area (Å²) in [6.45, 7) is 1.93. The number of ether oxygens (including phenoxy) is 1. The molecule has 4 aromatic rings. The van der Waals surface area contributed by atoms with Crippen molar-refractivity contribution in [3.05, 3.63) is 48.6 Å². The summed E-state index contributed by atoms with van der Waals surface area (Å²) in [5.41, 5.74) is 0.814. The van der Waals surface area contributed by atoms with Crippen molar-refractivity contribution in [3.8, 4) is 28.8 Å². The normalized spacial score (nSPS) is 12.2. The number of furan rings is 1. The van der Waals surface area contributed by atoms with E-state index in [1.54, 1.807) is 25.5 Å². The van der Waals surface area contributed by atoms with Gasteiger partial charge in [0, 0.05) is 5.56 Å². The largest absolute Gasteiger partial charge is 0.497 e. The fraction of sp³-hybridized carbons (Fsp3) is 0.176. The number of benzene rings is 1. The summed E-state index contributed by atoms with van der Waals surface area (Å²) in [6.07, 6.45) is 1.55. The van der Waals surface area contributed by atoms with E-state index in [4.69, 9.17) is 19.4 Å². The van der Waals surface area contributed by atoms with Gasteiger partial charge in [0.1, 0.15) is 5.75 Å². The highest BCUT2D eigenvalue weighted by Gasteiger charge is 2.21. The molecule has 0 amide bonds. The Morgan fingerprint density at radius 3 is 2.63 bits per heavy atom. The fourth-order valence-corrected chi connectivity index (χ4v) is 3.19. The summed E-state index contributed by atoms with van der Waals surface area (Å²) < 4.78 is 17.6. The zero-order chi connectivity index (χ0) is 18.8. The maximum atomic E-state index is 6.08. The average molecular weight is 384 g/mol. The Labute approximate surface area is 158 Å². The molecule has 0 fully saturated rings. The van der Waals surface area contributed by atoms with Gasteiger partial charge in [-0.3, -0.25) is 0 Å². The van der Waals surface area contributed by atoms with Gasteiger partial charge in [-0.15, -0.1) is 20.4 Å². The van der Waals surface area contributed by atoms with Gasteiger partial charge in [0.2, 0.25) is 22.8 Å². The Hall–Kier alpha value is -3.27. The minimum atomic E-state index is -0.166. The Bertz CT molecular complexity index is 1030. The molecule has 3 heterocycles. The van der Waals surface area contributed by atoms with Crippen LogP contribution in [0.25, 0.3) is 23.0 Å². The van der Waals surface area contributed by atoms with Crippen LogP contribution >= 0.6 is 11.8 Å². The first kappa shape index (κ1) is 17.2. The molecule has 0 saturated carbocycles. The van der Waals surface area contributed by atoms with E-state index in [0.717, 1.165) is 11.3 Å². The zero-order valence-electron chi connectivity index (χ0n) is 14.6. The van der Waals surface area contributed by atoms with E-state index < -0.39 is 0 Å². The number of methoxy groups -OCH3 is 1. The SMILES string of the molecule is COc1ccc(-c2nnc([C@H](C)Sc3nnc(-c4ccco4)n3N)o2)cc1. The third kappa shape index (κ3) is 3.38. The highest BCUT2D eigenvalue weighted by molar-refractivity contribution is 7.99. The third-order valence-electron chi connectivity index (χ3n) is 3.81. The lowest BCUT2D eigenvalue weighted by molar-refractivity contribution is 0.415. The second kappa shape index (κ2) is 7.16. The molecule has 1 aromatic carbocycles. The number of rotatable bonds is 6. The van der Waals surface area contributed by atoms with Crippen molar-refractivity contribution in [1.29, 1.82) is 0 Å². The number of nitrogens with two attached hydrogens (primary N) is 1. The first-order valence-electron chi connectivity index (χ1n) is 8.04. The smallest absolute Gasteiger partial charge is 0.247 e. The van der Waals surface area contributed by atoms with Gasteiger partial charge in [0.05, 0.1) is 18.6 Å². The van der Waals surface area contributed by atoms with E-state index in [9.17, 15) is 0 Å². The van der Waals surface area contributed by atoms with Crippen LogP contribution in [0.4, 0.5) is 0 Å². The van der Waals surface area contributed by atoms with E-state index in [-0.39, 0.29) is 5.25 Å². The molecular weight excluding hydrogens is 368 g/mol. The molecule has 0 radical (unpaired) electrons. The molecule has 4 rings (SSSR count). The molecule has 27 heavy (non-hydrogen) atoms. The van der Waals surface area contributed by atoms with Crippen LogP contribution in [0.5, 0.6) is 5.75 Å². The standard InChI is InChI=1S/C17H16N6O3S/c1-10(27-17-22-19-14(23(17)18)13-4-3-9-25-13)15-20-21-16(26-15)11-5-7-12(24-2)8-6-11/h3-10H,18H2,1-2H3/t10-/m0/s1. The maximum absolute atomic E-state index is 6.08. The van der Waals surface area contributed by atoms with Crippen LogP contribution in [-0.2, 0) is 0 Å². The molecule has 3 aromatic heterocycles. The lowest BCUT2D eigenvalue weighted by Gasteiger charge is -2.06. The summed E-state index contributed by atoms with van der Waals surface area (Å²) in [5.74, 6) is 8.73. The molecule has 0 unspecified atom stereocenters. The molecule has 0 aliphatic carbocycles. The summed E-state index contributed by atoms with van der Waals surface area (Å²) >= 11 is 1.36. The van der Waals surface area contributed by atoms with Crippen molar-refractivity contribution < 1.29 is 13.6 Å². The van der Waals surface area contributed by atoms with Crippen molar-refractivity contribution in [2.75, 3.05) is 13.0 Å². The molecule has 1 atom stereocenters. The van der Waals surface area contributed by atoms with Gasteiger partial charge >= 0.3 is 0 Å². The number of thioether (sulfide) groups is 1. The van der Waals surface area contributed by atoms with Crippen LogP contribution in [0.15, 0.2) is 56.7 Å². The van der Waals surface area contributed by atoms with Gasteiger partial charge in [-0.1, -0.05) is 11.8 Å². The molecule has 138 valence electrons. The number of nitrogens with zero attached hydrogens (tertiary/aromatic N) is 5. The monoisotopic (exact) mass is 384 g/mol. The minimum absolute atomic E-state index is 0.166. The molecule has 10 heteroatoms. The predicted octanol–water partition coefficient (Wildman–Crippen LogP) is 3.16. The van der Waals surface area contributed by atoms with Gasteiger partial charge < -0.3 is 19.4 Å². The third-order valence-corrected chi connectivity index (χ3v) is 4.86. The van der Waals surface area contributed by atoms with E-state index in [2.05, 4.69) is 20.4 Å². The van der Waals surface area contributed by atoms with Crippen LogP contribution in [0.1, 0.15) is 18.1 Å². The highest BCUT2D eigenvalue weighted by atomic mass is 32.2. The number of hydrogen-bond acceptors (Lipinski definition) is 9. The van der Waals surface area contributed by atoms with Crippen LogP contribution in [-0.4, -0.2) is 32.2 Å². The molecule has 0 bridgehead atoms. The first-order valence-corrected chi connectivity index (χ1v) is 8.92. The molecule has 0 spiro atoms. The zero-order valence-corrected chi connectivity index (χ0v) is 15.4. The molecule has 0 aliphatic heterocycles. The van der Waals surface area contributed by atoms with Crippen molar-refractivity contribution >= 4 is 11.8 Å². The average Bonchev–Trinajstić information content (AvgIpc) is 3.44. The van der Waals surface area contributed by atoms with E-state index in [0.29, 0.717) is 28.5 Å². The molecule has 0 saturated heterocycles. The lowest BCUT2D eigenvalue weighted by Crippen LogP contribution is -2.11. The number of nitrogen functional groups attached to an aromatic ring is 1. The number of hydrogen-bond donors (Lipinski definition) is 1. The van der Waals surface area contributed by atoms with Gasteiger partial charge in [0.25, 0.3) is 0 Å². The lowest BCUT2D eigenvalue weighted by atomic mass is 10.2. The summed E-state index contributed by atoms with van der Waals surface area (Å²) in [5, 5.41) is 16.8. The van der Waals surface area contributed by atoms with Gasteiger partial charge in [-0.25, -0.2) is 4.68 Å². The Balaban J connectivity index is 1.51. The van der Waals surface area contributed by atoms with Crippen molar-refractivity contribution in [1.82, 2.24) is 25.1 Å². The van der Waals surface area contributed by atoms with Crippen LogP contribution in [0.2, 0.25) is 0 Å². The van der Waals surface area contributed by atoms with Crippen molar-refractivity contribution in [3.63, 3.8) is 0 Å². The van der Waals surface area contributed by atoms with E-state index >= 15 is 0 Å². The molecule has 0 aliphatic rings. The maximum Gasteiger partial charge on any atom is 0.247 e. The Kier molecular flexibility index (Phi) is 4.55. The van der Waals surface area contributed by atoms with Crippen LogP contribution in [0, 0.1) is 0 Å². The second-order valence-corrected chi connectivity index (χ2v) is 6.90. The van der Waals surface area contributed by atoms with Crippen molar-refractivity contribution in [2.45, 2.75) is 17.3 Å². The summed E-state index contributed by atoms with van der Waals surface area (Å²) in [6, 6.07) is 10.9. The highest BCUT2D eigenvalue weighted by Crippen LogP contribution is 2.35. The topological polar surface area (TPSA) is 118 Å². The number of aromatic nitrogens is 5. The quantitative estimate of drug-likeness (QED) is 0.395. The van der Waals surface area contributed by atoms with Gasteiger partial charge in [-0.2, -0.15) is 0 Å². The van der Waals surface area contributed by atoms with E-state index in [1.807, 2.05) is 31.2 Å². The van der Waals surface area contributed by atoms with Crippen molar-refractivity contribution in [2.24, 2.45) is 0 Å². The van der Waals surface area contributed by atoms with E-state index in [1.165, 1.54) is 16.4 Å². The Morgan fingerprint density at radius 2 is 1.93 bits per heavy atom.